The number of carbonyl (C=O) groups excluding carboxylic acids is 1. The third-order valence-electron chi connectivity index (χ3n) is 4.68. The van der Waals surface area contributed by atoms with Crippen LogP contribution in [0.25, 0.3) is 0 Å². The lowest BCUT2D eigenvalue weighted by molar-refractivity contribution is 0.106. The number of hydrogen-bond donors (Lipinski definition) is 1. The minimum Gasteiger partial charge on any atom is -0.495 e. The van der Waals surface area contributed by atoms with Crippen molar-refractivity contribution < 1.29 is 22.7 Å². The zero-order valence-electron chi connectivity index (χ0n) is 15.2. The smallest absolute Gasteiger partial charge is 0.409 e. The maximum atomic E-state index is 12.7. The van der Waals surface area contributed by atoms with Crippen molar-refractivity contribution in [2.45, 2.75) is 31.6 Å². The van der Waals surface area contributed by atoms with Gasteiger partial charge in [-0.1, -0.05) is 0 Å². The summed E-state index contributed by atoms with van der Waals surface area (Å²) >= 11 is 0. The number of methoxy groups -OCH3 is 2. The molecule has 1 fully saturated rings. The van der Waals surface area contributed by atoms with Crippen LogP contribution in [-0.2, 0) is 14.8 Å². The standard InChI is InChI=1S/C17H26N2O5S/c1-12-9-15(23-3)16(10-13(12)2)25(21,22)18-11-14-5-7-19(8-6-14)17(20)24-4/h9-10,14,18H,5-8,11H2,1-4H3. The lowest BCUT2D eigenvalue weighted by Crippen LogP contribution is -2.41. The molecule has 0 aliphatic carbocycles. The second-order valence-electron chi connectivity index (χ2n) is 6.34. The summed E-state index contributed by atoms with van der Waals surface area (Å²) in [6.07, 6.45) is 1.14. The van der Waals surface area contributed by atoms with Crippen LogP contribution < -0.4 is 9.46 Å². The van der Waals surface area contributed by atoms with Crippen LogP contribution in [0.2, 0.25) is 0 Å². The van der Waals surface area contributed by atoms with E-state index < -0.39 is 10.0 Å². The van der Waals surface area contributed by atoms with Gasteiger partial charge in [-0.3, -0.25) is 0 Å². The molecule has 0 saturated carbocycles. The number of ether oxygens (including phenoxy) is 2. The maximum absolute atomic E-state index is 12.7. The van der Waals surface area contributed by atoms with Crippen LogP contribution >= 0.6 is 0 Å². The van der Waals surface area contributed by atoms with Crippen molar-refractivity contribution in [1.29, 1.82) is 0 Å². The van der Waals surface area contributed by atoms with Gasteiger partial charge in [0.05, 0.1) is 14.2 Å². The van der Waals surface area contributed by atoms with Crippen molar-refractivity contribution in [2.75, 3.05) is 33.9 Å². The van der Waals surface area contributed by atoms with Crippen LogP contribution in [0, 0.1) is 19.8 Å². The Kier molecular flexibility index (Phi) is 6.29. The predicted octanol–water partition coefficient (Wildman–Crippen LogP) is 2.07. The number of rotatable bonds is 5. The Morgan fingerprint density at radius 1 is 1.20 bits per heavy atom. The number of benzene rings is 1. The van der Waals surface area contributed by atoms with Crippen molar-refractivity contribution in [2.24, 2.45) is 5.92 Å². The lowest BCUT2D eigenvalue weighted by atomic mass is 9.97. The van der Waals surface area contributed by atoms with Crippen LogP contribution in [-0.4, -0.2) is 53.3 Å². The van der Waals surface area contributed by atoms with Gasteiger partial charge in [-0.2, -0.15) is 0 Å². The summed E-state index contributed by atoms with van der Waals surface area (Å²) in [5, 5.41) is 0. The maximum Gasteiger partial charge on any atom is 0.409 e. The molecule has 1 aromatic carbocycles. The highest BCUT2D eigenvalue weighted by atomic mass is 32.2. The molecule has 1 amide bonds. The van der Waals surface area contributed by atoms with Gasteiger partial charge in [-0.25, -0.2) is 17.9 Å². The molecule has 7 nitrogen and oxygen atoms in total. The first-order valence-electron chi connectivity index (χ1n) is 8.26. The molecule has 25 heavy (non-hydrogen) atoms. The SMILES string of the molecule is COC(=O)N1CCC(CNS(=O)(=O)c2cc(C)c(C)cc2OC)CC1. The van der Waals surface area contributed by atoms with Gasteiger partial charge >= 0.3 is 6.09 Å². The van der Waals surface area contributed by atoms with Gasteiger partial charge in [-0.15, -0.1) is 0 Å². The molecule has 1 aliphatic heterocycles. The largest absolute Gasteiger partial charge is 0.495 e. The average molecular weight is 370 g/mol. The minimum absolute atomic E-state index is 0.157. The summed E-state index contributed by atoms with van der Waals surface area (Å²) in [5.41, 5.74) is 1.87. The van der Waals surface area contributed by atoms with Gasteiger partial charge < -0.3 is 14.4 Å². The summed E-state index contributed by atoms with van der Waals surface area (Å²) in [6, 6.07) is 3.37. The number of aryl methyl sites for hydroxylation is 2. The molecule has 0 aromatic heterocycles. The fraction of sp³-hybridized carbons (Fsp3) is 0.588. The fourth-order valence-electron chi connectivity index (χ4n) is 2.89. The summed E-state index contributed by atoms with van der Waals surface area (Å²) < 4.78 is 37.9. The summed E-state index contributed by atoms with van der Waals surface area (Å²) in [5.74, 6) is 0.532. The molecule has 140 valence electrons. The topological polar surface area (TPSA) is 84.9 Å². The molecule has 1 N–H and O–H groups in total. The zero-order valence-corrected chi connectivity index (χ0v) is 16.0. The Morgan fingerprint density at radius 3 is 2.36 bits per heavy atom. The van der Waals surface area contributed by atoms with Crippen LogP contribution in [0.15, 0.2) is 17.0 Å². The summed E-state index contributed by atoms with van der Waals surface area (Å²) in [6.45, 7) is 5.28. The summed E-state index contributed by atoms with van der Waals surface area (Å²) in [7, 11) is -0.832. The molecular formula is C17H26N2O5S. The van der Waals surface area contributed by atoms with Gasteiger partial charge in [0.25, 0.3) is 0 Å². The number of nitrogens with one attached hydrogen (secondary N) is 1. The van der Waals surface area contributed by atoms with E-state index in [0.29, 0.717) is 25.4 Å². The Morgan fingerprint density at radius 2 is 1.80 bits per heavy atom. The zero-order chi connectivity index (χ0) is 18.6. The van der Waals surface area contributed by atoms with Crippen LogP contribution in [0.5, 0.6) is 5.75 Å². The van der Waals surface area contributed by atoms with Crippen LogP contribution in [0.4, 0.5) is 4.79 Å². The highest BCUT2D eigenvalue weighted by Gasteiger charge is 2.26. The lowest BCUT2D eigenvalue weighted by Gasteiger charge is -2.30. The molecule has 0 bridgehead atoms. The monoisotopic (exact) mass is 370 g/mol. The summed E-state index contributed by atoms with van der Waals surface area (Å²) in [4.78, 5) is 13.3. The van der Waals surface area contributed by atoms with Crippen molar-refractivity contribution in [3.8, 4) is 5.75 Å². The van der Waals surface area contributed by atoms with Gasteiger partial charge in [0.1, 0.15) is 10.6 Å². The number of carbonyl (C=O) groups is 1. The number of sulfonamides is 1. The van der Waals surface area contributed by atoms with Crippen molar-refractivity contribution in [3.05, 3.63) is 23.3 Å². The predicted molar refractivity (Wildman–Crippen MR) is 94.4 cm³/mol. The normalized spacial score (nSPS) is 15.9. The molecule has 0 spiro atoms. The van der Waals surface area contributed by atoms with Crippen LogP contribution in [0.3, 0.4) is 0 Å². The third kappa shape index (κ3) is 4.64. The number of hydrogen-bond acceptors (Lipinski definition) is 5. The van der Waals surface area contributed by atoms with Gasteiger partial charge in [0, 0.05) is 19.6 Å². The highest BCUT2D eigenvalue weighted by Crippen LogP contribution is 2.27. The van der Waals surface area contributed by atoms with E-state index in [1.54, 1.807) is 17.0 Å². The van der Waals surface area contributed by atoms with E-state index in [1.807, 2.05) is 13.8 Å². The van der Waals surface area contributed by atoms with E-state index in [9.17, 15) is 13.2 Å². The Labute approximate surface area is 149 Å². The molecule has 1 aromatic rings. The highest BCUT2D eigenvalue weighted by molar-refractivity contribution is 7.89. The van der Waals surface area contributed by atoms with E-state index in [2.05, 4.69) is 4.72 Å². The van der Waals surface area contributed by atoms with Crippen molar-refractivity contribution in [3.63, 3.8) is 0 Å². The van der Waals surface area contributed by atoms with E-state index in [4.69, 9.17) is 9.47 Å². The van der Waals surface area contributed by atoms with Crippen molar-refractivity contribution >= 4 is 16.1 Å². The molecule has 0 atom stereocenters. The Hall–Kier alpha value is -1.80. The fourth-order valence-corrected chi connectivity index (χ4v) is 4.24. The molecule has 1 heterocycles. The molecule has 2 rings (SSSR count). The molecule has 0 unspecified atom stereocenters. The molecular weight excluding hydrogens is 344 g/mol. The minimum atomic E-state index is -3.66. The Balaban J connectivity index is 2.01. The van der Waals surface area contributed by atoms with Gasteiger partial charge in [0.2, 0.25) is 10.0 Å². The first-order valence-corrected chi connectivity index (χ1v) is 9.74. The van der Waals surface area contributed by atoms with E-state index in [-0.39, 0.29) is 16.9 Å². The molecule has 8 heteroatoms. The molecule has 0 radical (unpaired) electrons. The number of likely N-dealkylation sites (tertiary alicyclic amines) is 1. The number of piperidine rings is 1. The number of amides is 1. The van der Waals surface area contributed by atoms with Crippen molar-refractivity contribution in [1.82, 2.24) is 9.62 Å². The third-order valence-corrected chi connectivity index (χ3v) is 6.12. The second-order valence-corrected chi connectivity index (χ2v) is 8.08. The number of nitrogens with zero attached hydrogens (tertiary/aromatic N) is 1. The van der Waals surface area contributed by atoms with Crippen LogP contribution in [0.1, 0.15) is 24.0 Å². The van der Waals surface area contributed by atoms with E-state index in [0.717, 1.165) is 24.0 Å². The van der Waals surface area contributed by atoms with Gasteiger partial charge in [0.15, 0.2) is 0 Å². The quantitative estimate of drug-likeness (QED) is 0.858. The Bertz CT molecular complexity index is 725. The molecule has 1 aliphatic rings. The first kappa shape index (κ1) is 19.5. The average Bonchev–Trinajstić information content (AvgIpc) is 2.61. The second kappa shape index (κ2) is 8.05. The van der Waals surface area contributed by atoms with E-state index in [1.165, 1.54) is 14.2 Å². The van der Waals surface area contributed by atoms with E-state index >= 15 is 0 Å². The first-order chi connectivity index (χ1) is 11.8. The van der Waals surface area contributed by atoms with Gasteiger partial charge in [-0.05, 0) is 55.9 Å². The molecule has 1 saturated heterocycles.